The van der Waals surface area contributed by atoms with Crippen LogP contribution in [-0.2, 0) is 4.79 Å². The molecule has 11 heteroatoms. The van der Waals surface area contributed by atoms with E-state index >= 15 is 0 Å². The second-order valence-electron chi connectivity index (χ2n) is 9.70. The maximum atomic E-state index is 13.2. The molecule has 3 aromatic rings. The largest absolute Gasteiger partial charge is 0.497 e. The number of benzene rings is 3. The van der Waals surface area contributed by atoms with Gasteiger partial charge in [-0.1, -0.05) is 36.1 Å². The molecule has 3 aromatic carbocycles. The van der Waals surface area contributed by atoms with Crippen molar-refractivity contribution in [1.82, 2.24) is 9.80 Å². The number of rotatable bonds is 10. The van der Waals surface area contributed by atoms with Crippen molar-refractivity contribution in [1.29, 1.82) is 0 Å². The van der Waals surface area contributed by atoms with Crippen LogP contribution in [0.15, 0.2) is 77.7 Å². The van der Waals surface area contributed by atoms with Crippen LogP contribution in [0.3, 0.4) is 0 Å². The average molecular weight is 649 g/mol. The number of carbonyl (C=O) groups is 1. The molecule has 5 rings (SSSR count). The fraction of sp³-hybridized carbons (Fsp3) is 0.290. The Hall–Kier alpha value is -2.79. The lowest BCUT2D eigenvalue weighted by molar-refractivity contribution is -0.113. The molecule has 224 valence electrons. The van der Waals surface area contributed by atoms with Gasteiger partial charge in [-0.3, -0.25) is 9.69 Å². The maximum absolute atomic E-state index is 13.2. The van der Waals surface area contributed by atoms with Crippen LogP contribution in [0.4, 0.5) is 5.69 Å². The Kier molecular flexibility index (Phi) is 13.0. The van der Waals surface area contributed by atoms with Crippen LogP contribution in [0.5, 0.6) is 23.0 Å². The molecule has 2 heterocycles. The second-order valence-corrected chi connectivity index (χ2v) is 11.4. The van der Waals surface area contributed by atoms with Crippen molar-refractivity contribution in [2.45, 2.75) is 6.42 Å². The van der Waals surface area contributed by atoms with E-state index in [4.69, 9.17) is 26.4 Å². The Bertz CT molecular complexity index is 1350. The van der Waals surface area contributed by atoms with Crippen molar-refractivity contribution in [3.63, 3.8) is 0 Å². The van der Waals surface area contributed by atoms with Crippen molar-refractivity contribution in [2.24, 2.45) is 0 Å². The van der Waals surface area contributed by atoms with Crippen LogP contribution in [0.2, 0.25) is 0 Å². The van der Waals surface area contributed by atoms with Gasteiger partial charge in [-0.25, -0.2) is 0 Å². The predicted octanol–water partition coefficient (Wildman–Crippen LogP) is 6.75. The number of methoxy groups -OCH3 is 1. The number of ether oxygens (including phenoxy) is 3. The Morgan fingerprint density at radius 1 is 0.833 bits per heavy atom. The summed E-state index contributed by atoms with van der Waals surface area (Å²) in [6.45, 7) is 6.20. The Labute approximate surface area is 269 Å². The molecule has 0 unspecified atom stereocenters. The van der Waals surface area contributed by atoms with Gasteiger partial charge in [0.25, 0.3) is 5.91 Å². The first-order valence-electron chi connectivity index (χ1n) is 13.3. The van der Waals surface area contributed by atoms with Gasteiger partial charge in [0.1, 0.15) is 23.0 Å². The zero-order valence-corrected chi connectivity index (χ0v) is 26.8. The third-order valence-electron chi connectivity index (χ3n) is 6.84. The highest BCUT2D eigenvalue weighted by atomic mass is 35.5. The summed E-state index contributed by atoms with van der Waals surface area (Å²) >= 11 is 6.85. The van der Waals surface area contributed by atoms with E-state index in [1.165, 1.54) is 11.8 Å². The molecular weight excluding hydrogens is 613 g/mol. The molecule has 0 aromatic heterocycles. The summed E-state index contributed by atoms with van der Waals surface area (Å²) in [5.74, 6) is 2.86. The number of hydrogen-bond acceptors (Lipinski definition) is 8. The lowest BCUT2D eigenvalue weighted by atomic mass is 10.2. The number of likely N-dealkylation sites (N-methyl/N-ethyl adjacent to an activating group) is 1. The number of amides is 1. The normalized spacial score (nSPS) is 16.6. The SMILES string of the molecule is COc1ccc(Oc2ccc(C=C3SC(=S)N(c4ccc(OCCCN5CCN(C)CC5)cc4)C3=O)cc2)cc1.Cl.Cl. The third kappa shape index (κ3) is 8.86. The molecule has 0 spiro atoms. The molecule has 1 amide bonds. The average Bonchev–Trinajstić information content (AvgIpc) is 3.26. The number of anilines is 1. The van der Waals surface area contributed by atoms with Gasteiger partial charge in [0.05, 0.1) is 24.3 Å². The van der Waals surface area contributed by atoms with Crippen LogP contribution in [0.1, 0.15) is 12.0 Å². The zero-order valence-electron chi connectivity index (χ0n) is 23.6. The van der Waals surface area contributed by atoms with Gasteiger partial charge < -0.3 is 24.0 Å². The Balaban J connectivity index is 0.00000242. The van der Waals surface area contributed by atoms with Crippen molar-refractivity contribution in [3.05, 3.63) is 83.3 Å². The molecule has 0 aliphatic carbocycles. The summed E-state index contributed by atoms with van der Waals surface area (Å²) in [5.41, 5.74) is 1.63. The van der Waals surface area contributed by atoms with Crippen LogP contribution < -0.4 is 19.1 Å². The number of nitrogens with zero attached hydrogens (tertiary/aromatic N) is 3. The van der Waals surface area contributed by atoms with E-state index in [1.807, 2.05) is 78.9 Å². The van der Waals surface area contributed by atoms with Crippen LogP contribution in [0.25, 0.3) is 6.08 Å². The van der Waals surface area contributed by atoms with Crippen molar-refractivity contribution >= 4 is 70.8 Å². The molecule has 42 heavy (non-hydrogen) atoms. The minimum atomic E-state index is -0.130. The van der Waals surface area contributed by atoms with Gasteiger partial charge in [-0.15, -0.1) is 24.8 Å². The van der Waals surface area contributed by atoms with Gasteiger partial charge in [0.2, 0.25) is 0 Å². The lowest BCUT2D eigenvalue weighted by Gasteiger charge is -2.32. The van der Waals surface area contributed by atoms with Crippen LogP contribution in [0, 0.1) is 0 Å². The van der Waals surface area contributed by atoms with E-state index in [-0.39, 0.29) is 30.7 Å². The van der Waals surface area contributed by atoms with Crippen LogP contribution in [-0.4, -0.2) is 73.5 Å². The first kappa shape index (κ1) is 33.7. The van der Waals surface area contributed by atoms with E-state index < -0.39 is 0 Å². The van der Waals surface area contributed by atoms with E-state index in [1.54, 1.807) is 12.0 Å². The Morgan fingerprint density at radius 2 is 1.40 bits per heavy atom. The summed E-state index contributed by atoms with van der Waals surface area (Å²) in [6.07, 6.45) is 2.84. The molecule has 0 N–H and O–H groups in total. The van der Waals surface area contributed by atoms with Gasteiger partial charge in [-0.2, -0.15) is 0 Å². The summed E-state index contributed by atoms with van der Waals surface area (Å²) in [6, 6.07) is 22.6. The molecule has 2 aliphatic heterocycles. The maximum Gasteiger partial charge on any atom is 0.270 e. The summed E-state index contributed by atoms with van der Waals surface area (Å²) in [7, 11) is 3.80. The highest BCUT2D eigenvalue weighted by Gasteiger charge is 2.33. The van der Waals surface area contributed by atoms with E-state index in [0.717, 1.165) is 67.6 Å². The molecule has 2 aliphatic rings. The first-order valence-corrected chi connectivity index (χ1v) is 14.5. The summed E-state index contributed by atoms with van der Waals surface area (Å²) in [4.78, 5) is 20.2. The zero-order chi connectivity index (χ0) is 27.9. The number of thioether (sulfide) groups is 1. The molecule has 2 saturated heterocycles. The number of thiocarbonyl (C=S) groups is 1. The predicted molar refractivity (Wildman–Crippen MR) is 180 cm³/mol. The van der Waals surface area contributed by atoms with E-state index in [2.05, 4.69) is 16.8 Å². The van der Waals surface area contributed by atoms with E-state index in [9.17, 15) is 4.79 Å². The minimum Gasteiger partial charge on any atom is -0.497 e. The number of halogens is 2. The molecule has 0 saturated carbocycles. The smallest absolute Gasteiger partial charge is 0.270 e. The highest BCUT2D eigenvalue weighted by Crippen LogP contribution is 2.37. The number of piperazine rings is 1. The quantitative estimate of drug-likeness (QED) is 0.136. The Morgan fingerprint density at radius 3 is 2.02 bits per heavy atom. The third-order valence-corrected chi connectivity index (χ3v) is 8.15. The fourth-order valence-corrected chi connectivity index (χ4v) is 5.79. The molecular formula is C31H35Cl2N3O4S2. The van der Waals surface area contributed by atoms with Crippen molar-refractivity contribution in [3.8, 4) is 23.0 Å². The van der Waals surface area contributed by atoms with E-state index in [0.29, 0.717) is 21.6 Å². The standard InChI is InChI=1S/C31H33N3O4S2.2ClH/c1-32-17-19-33(20-18-32)16-3-21-37-26-10-6-24(7-11-26)34-30(35)29(40-31(34)39)22-23-4-8-27(9-5-23)38-28-14-12-25(36-2)13-15-28;;/h4-15,22H,3,16-21H2,1-2H3;2*1H. The van der Waals surface area contributed by atoms with Gasteiger partial charge in [-0.05, 0) is 85.8 Å². The number of carbonyl (C=O) groups excluding carboxylic acids is 1. The first-order chi connectivity index (χ1) is 19.5. The highest BCUT2D eigenvalue weighted by molar-refractivity contribution is 8.27. The summed E-state index contributed by atoms with van der Waals surface area (Å²) < 4.78 is 17.5. The minimum absolute atomic E-state index is 0. The second kappa shape index (κ2) is 16.2. The topological polar surface area (TPSA) is 54.5 Å². The van der Waals surface area contributed by atoms with Crippen molar-refractivity contribution < 1.29 is 19.0 Å². The van der Waals surface area contributed by atoms with Gasteiger partial charge in [0.15, 0.2) is 4.32 Å². The van der Waals surface area contributed by atoms with Crippen molar-refractivity contribution in [2.75, 3.05) is 58.4 Å². The molecule has 0 atom stereocenters. The molecule has 0 bridgehead atoms. The monoisotopic (exact) mass is 647 g/mol. The molecule has 7 nitrogen and oxygen atoms in total. The lowest BCUT2D eigenvalue weighted by Crippen LogP contribution is -2.44. The van der Waals surface area contributed by atoms with Crippen LogP contribution >= 0.6 is 48.8 Å². The van der Waals surface area contributed by atoms with Gasteiger partial charge >= 0.3 is 0 Å². The fourth-order valence-electron chi connectivity index (χ4n) is 4.49. The van der Waals surface area contributed by atoms with Gasteiger partial charge in [0, 0.05) is 32.7 Å². The number of hydrogen-bond donors (Lipinski definition) is 0. The molecule has 2 fully saturated rings. The molecule has 0 radical (unpaired) electrons. The summed E-state index contributed by atoms with van der Waals surface area (Å²) in [5, 5.41) is 0.